The molecule has 18 heavy (non-hydrogen) atoms. The number of methoxy groups -OCH3 is 1. The van der Waals surface area contributed by atoms with Crippen LogP contribution in [0.5, 0.6) is 0 Å². The van der Waals surface area contributed by atoms with Crippen molar-refractivity contribution in [2.24, 2.45) is 0 Å². The fraction of sp³-hybridized carbons (Fsp3) is 0.273. The molecule has 0 spiro atoms. The van der Waals surface area contributed by atoms with E-state index in [2.05, 4.69) is 4.74 Å². The van der Waals surface area contributed by atoms with E-state index >= 15 is 0 Å². The smallest absolute Gasteiger partial charge is 0.339 e. The molecule has 6 nitrogen and oxygen atoms in total. The zero-order chi connectivity index (χ0) is 13.9. The van der Waals surface area contributed by atoms with Gasteiger partial charge in [0.1, 0.15) is 6.10 Å². The molecule has 0 saturated heterocycles. The molecule has 0 aromatic heterocycles. The van der Waals surface area contributed by atoms with Crippen LogP contribution < -0.4 is 0 Å². The van der Waals surface area contributed by atoms with Gasteiger partial charge in [0.25, 0.3) is 0 Å². The van der Waals surface area contributed by atoms with Crippen molar-refractivity contribution in [3.8, 4) is 0 Å². The minimum atomic E-state index is -1.97. The number of halogens is 1. The van der Waals surface area contributed by atoms with Crippen LogP contribution in [0.25, 0.3) is 0 Å². The van der Waals surface area contributed by atoms with Gasteiger partial charge in [-0.15, -0.1) is 0 Å². The van der Waals surface area contributed by atoms with Gasteiger partial charge in [0, 0.05) is 0 Å². The fourth-order valence-electron chi connectivity index (χ4n) is 1.31. The highest BCUT2D eigenvalue weighted by Crippen LogP contribution is 2.24. The highest BCUT2D eigenvalue weighted by molar-refractivity contribution is 6.33. The molecule has 3 N–H and O–H groups in total. The maximum Gasteiger partial charge on any atom is 0.339 e. The SMILES string of the molecule is COC(=O)c1ccc(C(O)C(O)C(=O)O)cc1Cl. The minimum Gasteiger partial charge on any atom is -0.479 e. The lowest BCUT2D eigenvalue weighted by molar-refractivity contribution is -0.153. The van der Waals surface area contributed by atoms with Gasteiger partial charge in [0.05, 0.1) is 17.7 Å². The molecule has 7 heteroatoms. The van der Waals surface area contributed by atoms with Gasteiger partial charge in [0.15, 0.2) is 6.10 Å². The predicted octanol–water partition coefficient (Wildman–Crippen LogP) is 0.605. The number of aliphatic carboxylic acids is 1. The van der Waals surface area contributed by atoms with Crippen LogP contribution in [0.2, 0.25) is 5.02 Å². The molecule has 1 rings (SSSR count). The first-order valence-electron chi connectivity index (χ1n) is 4.85. The number of esters is 1. The molecule has 0 fully saturated rings. The normalized spacial score (nSPS) is 13.8. The van der Waals surface area contributed by atoms with Gasteiger partial charge in [-0.25, -0.2) is 9.59 Å². The Labute approximate surface area is 107 Å². The highest BCUT2D eigenvalue weighted by Gasteiger charge is 2.26. The molecule has 2 atom stereocenters. The number of hydrogen-bond donors (Lipinski definition) is 3. The Morgan fingerprint density at radius 3 is 2.39 bits per heavy atom. The summed E-state index contributed by atoms with van der Waals surface area (Å²) >= 11 is 5.79. The third-order valence-electron chi connectivity index (χ3n) is 2.29. The molecular formula is C11H11ClO6. The predicted molar refractivity (Wildman–Crippen MR) is 61.4 cm³/mol. The second-order valence-electron chi connectivity index (χ2n) is 3.46. The summed E-state index contributed by atoms with van der Waals surface area (Å²) in [5.41, 5.74) is 0.169. The summed E-state index contributed by atoms with van der Waals surface area (Å²) < 4.78 is 4.47. The van der Waals surface area contributed by atoms with Gasteiger partial charge in [0.2, 0.25) is 0 Å². The molecule has 0 aliphatic rings. The van der Waals surface area contributed by atoms with Crippen LogP contribution in [0.15, 0.2) is 18.2 Å². The topological polar surface area (TPSA) is 104 Å². The standard InChI is InChI=1S/C11H11ClO6/c1-18-11(17)6-3-2-5(4-7(6)12)8(13)9(14)10(15)16/h2-4,8-9,13-14H,1H3,(H,15,16). The third-order valence-corrected chi connectivity index (χ3v) is 2.60. The second kappa shape index (κ2) is 5.81. The van der Waals surface area contributed by atoms with E-state index < -0.39 is 24.1 Å². The molecular weight excluding hydrogens is 264 g/mol. The summed E-state index contributed by atoms with van der Waals surface area (Å²) in [5.74, 6) is -2.21. The van der Waals surface area contributed by atoms with Crippen LogP contribution in [-0.4, -0.2) is 40.5 Å². The van der Waals surface area contributed by atoms with Crippen molar-refractivity contribution < 1.29 is 29.6 Å². The van der Waals surface area contributed by atoms with Gasteiger partial charge in [-0.1, -0.05) is 17.7 Å². The summed E-state index contributed by atoms with van der Waals surface area (Å²) in [7, 11) is 1.19. The number of rotatable bonds is 4. The Morgan fingerprint density at radius 1 is 1.33 bits per heavy atom. The zero-order valence-corrected chi connectivity index (χ0v) is 10.1. The Hall–Kier alpha value is -1.63. The number of carboxylic acid groups (broad SMARTS) is 1. The number of carbonyl (C=O) groups excluding carboxylic acids is 1. The van der Waals surface area contributed by atoms with Crippen LogP contribution >= 0.6 is 11.6 Å². The molecule has 1 aromatic rings. The van der Waals surface area contributed by atoms with Crippen LogP contribution in [-0.2, 0) is 9.53 Å². The van der Waals surface area contributed by atoms with Crippen molar-refractivity contribution in [3.63, 3.8) is 0 Å². The van der Waals surface area contributed by atoms with Crippen LogP contribution in [0.4, 0.5) is 0 Å². The number of ether oxygens (including phenoxy) is 1. The monoisotopic (exact) mass is 274 g/mol. The molecule has 0 aliphatic heterocycles. The molecule has 1 aromatic carbocycles. The third kappa shape index (κ3) is 2.98. The van der Waals surface area contributed by atoms with E-state index in [1.54, 1.807) is 0 Å². The summed E-state index contributed by atoms with van der Waals surface area (Å²) in [6.07, 6.45) is -3.60. The highest BCUT2D eigenvalue weighted by atomic mass is 35.5. The first-order chi connectivity index (χ1) is 8.38. The second-order valence-corrected chi connectivity index (χ2v) is 3.87. The quantitative estimate of drug-likeness (QED) is 0.695. The molecule has 0 amide bonds. The first kappa shape index (κ1) is 14.4. The number of hydrogen-bond acceptors (Lipinski definition) is 5. The Bertz CT molecular complexity index is 473. The maximum absolute atomic E-state index is 11.2. The van der Waals surface area contributed by atoms with Gasteiger partial charge in [-0.05, 0) is 17.7 Å². The summed E-state index contributed by atoms with van der Waals surface area (Å²) in [6, 6.07) is 3.76. The van der Waals surface area contributed by atoms with Crippen LogP contribution in [0.1, 0.15) is 22.0 Å². The molecule has 2 unspecified atom stereocenters. The minimum absolute atomic E-state index is 0.00371. The number of aliphatic hydroxyl groups excluding tert-OH is 2. The van der Waals surface area contributed by atoms with Gasteiger partial charge in [-0.2, -0.15) is 0 Å². The van der Waals surface area contributed by atoms with Crippen molar-refractivity contribution in [1.29, 1.82) is 0 Å². The lowest BCUT2D eigenvalue weighted by atomic mass is 10.0. The molecule has 0 radical (unpaired) electrons. The average molecular weight is 275 g/mol. The zero-order valence-electron chi connectivity index (χ0n) is 9.33. The maximum atomic E-state index is 11.2. The molecule has 98 valence electrons. The van der Waals surface area contributed by atoms with Gasteiger partial charge < -0.3 is 20.1 Å². The number of aliphatic hydroxyl groups is 2. The van der Waals surface area contributed by atoms with E-state index in [4.69, 9.17) is 16.7 Å². The van der Waals surface area contributed by atoms with Crippen molar-refractivity contribution >= 4 is 23.5 Å². The van der Waals surface area contributed by atoms with Crippen molar-refractivity contribution in [1.82, 2.24) is 0 Å². The van der Waals surface area contributed by atoms with Crippen molar-refractivity contribution in [2.45, 2.75) is 12.2 Å². The summed E-state index contributed by atoms with van der Waals surface area (Å²) in [5, 5.41) is 27.3. The van der Waals surface area contributed by atoms with Crippen LogP contribution in [0.3, 0.4) is 0 Å². The molecule has 0 heterocycles. The number of carboxylic acids is 1. The number of carbonyl (C=O) groups is 2. The van der Waals surface area contributed by atoms with E-state index in [9.17, 15) is 19.8 Å². The van der Waals surface area contributed by atoms with Crippen molar-refractivity contribution in [3.05, 3.63) is 34.3 Å². The van der Waals surface area contributed by atoms with Crippen molar-refractivity contribution in [2.75, 3.05) is 7.11 Å². The van der Waals surface area contributed by atoms with E-state index in [1.807, 2.05) is 0 Å². The lowest BCUT2D eigenvalue weighted by Crippen LogP contribution is -2.27. The average Bonchev–Trinajstić information content (AvgIpc) is 2.35. The molecule has 0 aliphatic carbocycles. The largest absolute Gasteiger partial charge is 0.479 e. The summed E-state index contributed by atoms with van der Waals surface area (Å²) in [4.78, 5) is 21.7. The van der Waals surface area contributed by atoms with E-state index in [0.29, 0.717) is 0 Å². The van der Waals surface area contributed by atoms with E-state index in [-0.39, 0.29) is 16.1 Å². The lowest BCUT2D eigenvalue weighted by Gasteiger charge is -2.15. The number of benzene rings is 1. The molecule has 0 bridgehead atoms. The Kier molecular flexibility index (Phi) is 4.66. The van der Waals surface area contributed by atoms with Gasteiger partial charge in [-0.3, -0.25) is 0 Å². The van der Waals surface area contributed by atoms with E-state index in [0.717, 1.165) is 0 Å². The van der Waals surface area contributed by atoms with Gasteiger partial charge >= 0.3 is 11.9 Å². The Morgan fingerprint density at radius 2 is 1.94 bits per heavy atom. The fourth-order valence-corrected chi connectivity index (χ4v) is 1.57. The Balaban J connectivity index is 3.04. The van der Waals surface area contributed by atoms with E-state index in [1.165, 1.54) is 25.3 Å². The van der Waals surface area contributed by atoms with Crippen LogP contribution in [0, 0.1) is 0 Å². The molecule has 0 saturated carbocycles. The first-order valence-corrected chi connectivity index (χ1v) is 5.23. The summed E-state index contributed by atoms with van der Waals surface area (Å²) in [6.45, 7) is 0.